The lowest BCUT2D eigenvalue weighted by molar-refractivity contribution is -0.384. The molecule has 152 valence electrons. The van der Waals surface area contributed by atoms with E-state index in [4.69, 9.17) is 42.3 Å². The molecule has 0 radical (unpaired) electrons. The minimum atomic E-state index is -2.87. The first-order valence-corrected chi connectivity index (χ1v) is 10.1. The molecule has 0 atom stereocenters. The predicted octanol–water partition coefficient (Wildman–Crippen LogP) is 5.92. The molecule has 0 spiro atoms. The van der Waals surface area contributed by atoms with E-state index < -0.39 is 13.2 Å². The molecule has 0 aliphatic heterocycles. The quantitative estimate of drug-likeness (QED) is 0.272. The number of nitro benzene ring substituents is 1. The molecule has 0 aliphatic rings. The lowest BCUT2D eigenvalue weighted by Crippen LogP contribution is -2.17. The van der Waals surface area contributed by atoms with Crippen molar-refractivity contribution in [1.82, 2.24) is 0 Å². The number of nitro groups is 1. The van der Waals surface area contributed by atoms with Crippen molar-refractivity contribution in [3.63, 3.8) is 0 Å². The number of benzene rings is 2. The number of nitrogens with one attached hydrogen (secondary N) is 1. The van der Waals surface area contributed by atoms with Crippen LogP contribution >= 0.6 is 31.5 Å². The molecule has 0 aromatic heterocycles. The number of nitrogens with zero attached hydrogens (tertiary/aromatic N) is 1. The highest BCUT2D eigenvalue weighted by atomic mass is 35.5. The number of halogens is 2. The van der Waals surface area contributed by atoms with Crippen molar-refractivity contribution in [3.8, 4) is 11.5 Å². The zero-order valence-corrected chi connectivity index (χ0v) is 17.5. The van der Waals surface area contributed by atoms with Gasteiger partial charge in [-0.1, -0.05) is 37.0 Å². The Morgan fingerprint density at radius 3 is 2.29 bits per heavy atom. The second kappa shape index (κ2) is 11.8. The molecule has 0 unspecified atom stereocenters. The maximum atomic E-state index is 11.2. The van der Waals surface area contributed by atoms with E-state index in [1.165, 1.54) is 6.07 Å². The van der Waals surface area contributed by atoms with E-state index in [0.717, 1.165) is 12.8 Å². The highest BCUT2D eigenvalue weighted by Gasteiger charge is 2.17. The van der Waals surface area contributed by atoms with Gasteiger partial charge in [-0.25, -0.2) is 0 Å². The summed E-state index contributed by atoms with van der Waals surface area (Å²) in [5.41, 5.74) is 0.438. The van der Waals surface area contributed by atoms with Gasteiger partial charge in [-0.2, -0.15) is 0 Å². The van der Waals surface area contributed by atoms with Crippen molar-refractivity contribution in [1.29, 1.82) is 0 Å². The summed E-state index contributed by atoms with van der Waals surface area (Å²) in [5.74, 6) is 0.890. The third-order valence-electron chi connectivity index (χ3n) is 3.63. The van der Waals surface area contributed by atoms with Crippen molar-refractivity contribution >= 4 is 42.8 Å². The Kier molecular flexibility index (Phi) is 10.1. The first-order valence-electron chi connectivity index (χ1n) is 8.20. The summed E-state index contributed by atoms with van der Waals surface area (Å²) >= 11 is 12.0. The molecule has 0 saturated heterocycles. The second-order valence-corrected chi connectivity index (χ2v) is 6.87. The van der Waals surface area contributed by atoms with Crippen molar-refractivity contribution in [2.75, 3.05) is 5.32 Å². The van der Waals surface area contributed by atoms with Gasteiger partial charge in [-0.05, 0) is 37.1 Å². The highest BCUT2D eigenvalue weighted by molar-refractivity contribution is 7.30. The van der Waals surface area contributed by atoms with Gasteiger partial charge in [0.05, 0.1) is 9.95 Å². The standard InChI is InChI=1S/C17H18Cl2N2O3.HO3P/c1-3-12(4-2)20-15-10-13(6-7-16(15)21(22)23)24-17-8-5-11(18)9-14(17)19;1-4(2)3/h5-10,12,20H,3-4H2,1-2H3;(H-,1,2,3)/p+1. The second-order valence-electron chi connectivity index (χ2n) is 5.52. The number of rotatable bonds is 7. The summed E-state index contributed by atoms with van der Waals surface area (Å²) < 4.78 is 14.4. The Morgan fingerprint density at radius 2 is 1.79 bits per heavy atom. The first kappa shape index (κ1) is 24.1. The summed E-state index contributed by atoms with van der Waals surface area (Å²) in [6.07, 6.45) is 1.73. The molecule has 0 fully saturated rings. The molecular formula is C17H20Cl2N2O6P+. The molecule has 28 heavy (non-hydrogen) atoms. The SMILES string of the molecule is CCC(CC)Nc1cc(Oc2ccc(Cl)cc2Cl)ccc1[N+](=O)[O-].O=[P+](O)O. The summed E-state index contributed by atoms with van der Waals surface area (Å²) in [6, 6.07) is 9.62. The van der Waals surface area contributed by atoms with E-state index >= 15 is 0 Å². The fraction of sp³-hybridized carbons (Fsp3) is 0.294. The number of hydrogen-bond donors (Lipinski definition) is 3. The van der Waals surface area contributed by atoms with E-state index in [1.807, 2.05) is 13.8 Å². The Balaban J connectivity index is 0.000000892. The minimum Gasteiger partial charge on any atom is -0.456 e. The van der Waals surface area contributed by atoms with Crippen LogP contribution in [0, 0.1) is 10.1 Å². The maximum absolute atomic E-state index is 11.2. The predicted molar refractivity (Wildman–Crippen MR) is 110 cm³/mol. The molecule has 8 nitrogen and oxygen atoms in total. The number of hydrogen-bond acceptors (Lipinski definition) is 5. The lowest BCUT2D eigenvalue weighted by atomic mass is 10.1. The molecule has 11 heteroatoms. The third-order valence-corrected chi connectivity index (χ3v) is 4.16. The van der Waals surface area contributed by atoms with Gasteiger partial charge in [0.15, 0.2) is 0 Å². The van der Waals surface area contributed by atoms with Crippen molar-refractivity contribution in [2.24, 2.45) is 0 Å². The highest BCUT2D eigenvalue weighted by Crippen LogP contribution is 2.35. The van der Waals surface area contributed by atoms with Crippen LogP contribution in [0.25, 0.3) is 0 Å². The molecule has 2 aromatic rings. The van der Waals surface area contributed by atoms with Crippen molar-refractivity contribution in [2.45, 2.75) is 32.7 Å². The van der Waals surface area contributed by atoms with Crippen LogP contribution in [0.2, 0.25) is 10.0 Å². The number of ether oxygens (including phenoxy) is 1. The Hall–Kier alpha value is -1.96. The molecular weight excluding hydrogens is 430 g/mol. The Bertz CT molecular complexity index is 829. The third kappa shape index (κ3) is 7.96. The smallest absolute Gasteiger partial charge is 0.456 e. The maximum Gasteiger partial charge on any atom is 0.692 e. The van der Waals surface area contributed by atoms with E-state index in [0.29, 0.717) is 27.2 Å². The fourth-order valence-electron chi connectivity index (χ4n) is 2.25. The van der Waals surface area contributed by atoms with Gasteiger partial charge in [0.1, 0.15) is 17.2 Å². The molecule has 0 saturated carbocycles. The van der Waals surface area contributed by atoms with Gasteiger partial charge in [0.25, 0.3) is 5.69 Å². The molecule has 2 rings (SSSR count). The van der Waals surface area contributed by atoms with E-state index in [2.05, 4.69) is 5.32 Å². The number of anilines is 1. The fourth-order valence-corrected chi connectivity index (χ4v) is 2.70. The zero-order chi connectivity index (χ0) is 21.3. The van der Waals surface area contributed by atoms with Crippen LogP contribution in [0.15, 0.2) is 36.4 Å². The van der Waals surface area contributed by atoms with Crippen molar-refractivity contribution < 1.29 is 24.0 Å². The molecule has 0 amide bonds. The monoisotopic (exact) mass is 449 g/mol. The Morgan fingerprint density at radius 1 is 1.18 bits per heavy atom. The molecule has 2 aromatic carbocycles. The van der Waals surface area contributed by atoms with Crippen LogP contribution in [-0.2, 0) is 4.57 Å². The average Bonchev–Trinajstić information content (AvgIpc) is 2.61. The van der Waals surface area contributed by atoms with E-state index in [9.17, 15) is 10.1 Å². The minimum absolute atomic E-state index is 0.0106. The largest absolute Gasteiger partial charge is 0.692 e. The van der Waals surface area contributed by atoms with Gasteiger partial charge in [-0.3, -0.25) is 10.1 Å². The van der Waals surface area contributed by atoms with Crippen LogP contribution in [0.3, 0.4) is 0 Å². The summed E-state index contributed by atoms with van der Waals surface area (Å²) in [6.45, 7) is 4.06. The van der Waals surface area contributed by atoms with E-state index in [-0.39, 0.29) is 11.7 Å². The normalized spacial score (nSPS) is 10.1. The summed E-state index contributed by atoms with van der Waals surface area (Å²) in [5, 5.41) is 15.3. The summed E-state index contributed by atoms with van der Waals surface area (Å²) in [7, 11) is -2.87. The molecule has 0 heterocycles. The van der Waals surface area contributed by atoms with Gasteiger partial charge >= 0.3 is 8.25 Å². The molecule has 0 aliphatic carbocycles. The zero-order valence-electron chi connectivity index (χ0n) is 15.1. The average molecular weight is 450 g/mol. The lowest BCUT2D eigenvalue weighted by Gasteiger charge is -2.17. The van der Waals surface area contributed by atoms with Crippen molar-refractivity contribution in [3.05, 3.63) is 56.6 Å². The van der Waals surface area contributed by atoms with Crippen LogP contribution in [-0.4, -0.2) is 20.8 Å². The van der Waals surface area contributed by atoms with Gasteiger partial charge in [-0.15, -0.1) is 9.79 Å². The van der Waals surface area contributed by atoms with Crippen LogP contribution in [0.1, 0.15) is 26.7 Å². The van der Waals surface area contributed by atoms with Gasteiger partial charge in [0.2, 0.25) is 0 Å². The van der Waals surface area contributed by atoms with Crippen LogP contribution < -0.4 is 10.1 Å². The van der Waals surface area contributed by atoms with E-state index in [1.54, 1.807) is 30.3 Å². The molecule has 3 N–H and O–H groups in total. The van der Waals surface area contributed by atoms with Gasteiger partial charge in [0, 0.05) is 27.8 Å². The molecule has 0 bridgehead atoms. The Labute approximate surface area is 173 Å². The summed E-state index contributed by atoms with van der Waals surface area (Å²) in [4.78, 5) is 25.1. The topological polar surface area (TPSA) is 122 Å². The van der Waals surface area contributed by atoms with Crippen LogP contribution in [0.5, 0.6) is 11.5 Å². The van der Waals surface area contributed by atoms with Gasteiger partial charge < -0.3 is 10.1 Å². The van der Waals surface area contributed by atoms with Crippen LogP contribution in [0.4, 0.5) is 11.4 Å². The first-order chi connectivity index (χ1) is 13.2.